The zero-order valence-electron chi connectivity index (χ0n) is 23.2. The van der Waals surface area contributed by atoms with Crippen molar-refractivity contribution in [1.82, 2.24) is 24.7 Å². The van der Waals surface area contributed by atoms with Gasteiger partial charge in [0.15, 0.2) is 0 Å². The molecule has 14 heteroatoms. The van der Waals surface area contributed by atoms with Crippen LogP contribution in [0.15, 0.2) is 30.5 Å². The molecular formula is C27H35F3N8O3. The van der Waals surface area contributed by atoms with E-state index >= 15 is 0 Å². The molecule has 2 aromatic rings. The number of nitrogens with two attached hydrogens (primary N) is 1. The maximum Gasteiger partial charge on any atom is 0.421 e. The molecule has 1 saturated heterocycles. The second kappa shape index (κ2) is 12.3. The number of carbonyl (C=O) groups excluding carboxylic acids is 3. The number of imide groups is 1. The van der Waals surface area contributed by atoms with Gasteiger partial charge < -0.3 is 26.2 Å². The van der Waals surface area contributed by atoms with Crippen molar-refractivity contribution in [2.75, 3.05) is 44.9 Å². The first-order chi connectivity index (χ1) is 19.4. The van der Waals surface area contributed by atoms with E-state index in [-0.39, 0.29) is 17.9 Å². The molecule has 4 amide bonds. The lowest BCUT2D eigenvalue weighted by molar-refractivity contribution is -0.137. The summed E-state index contributed by atoms with van der Waals surface area (Å²) in [4.78, 5) is 50.3. The number of anilines is 3. The van der Waals surface area contributed by atoms with Gasteiger partial charge in [0.2, 0.25) is 11.9 Å². The quantitative estimate of drug-likeness (QED) is 0.456. The van der Waals surface area contributed by atoms with E-state index in [0.29, 0.717) is 36.7 Å². The molecule has 4 rings (SSSR count). The number of aromatic nitrogens is 2. The topological polar surface area (TPSA) is 137 Å². The Hall–Kier alpha value is -3.94. The summed E-state index contributed by atoms with van der Waals surface area (Å²) >= 11 is 0. The molecule has 2 atom stereocenters. The third kappa shape index (κ3) is 6.87. The van der Waals surface area contributed by atoms with E-state index in [4.69, 9.17) is 5.73 Å². The SMILES string of the molecule is CN1CCC(N(C)C(=O)c2ccccc2Nc2ncc(C(F)(F)F)c(N[C@@H]3CCC[C@@H]3C(=O)N(C)C(N)=O)n2)CC1. The fourth-order valence-corrected chi connectivity index (χ4v) is 5.36. The van der Waals surface area contributed by atoms with Gasteiger partial charge in [-0.15, -0.1) is 0 Å². The number of carbonyl (C=O) groups is 3. The molecule has 2 heterocycles. The Morgan fingerprint density at radius 1 is 1.07 bits per heavy atom. The minimum atomic E-state index is -4.77. The zero-order chi connectivity index (χ0) is 29.9. The third-order valence-electron chi connectivity index (χ3n) is 7.87. The number of amides is 4. The number of alkyl halides is 3. The molecule has 0 spiro atoms. The standard InChI is InChI=1S/C27H35F3N8O3/c1-36-13-11-16(12-14-36)37(2)23(39)17-7-4-5-9-21(17)34-26-32-15-19(27(28,29)30)22(35-26)33-20-10-6-8-18(20)24(40)38(3)25(31)41/h4-5,7,9,15-16,18,20H,6,8,10-14H2,1-3H3,(H2,31,41)(H2,32,33,34,35)/t18-,20+/m0/s1. The minimum absolute atomic E-state index is 0.0700. The predicted octanol–water partition coefficient (Wildman–Crippen LogP) is 3.52. The van der Waals surface area contributed by atoms with Gasteiger partial charge in [0.25, 0.3) is 5.91 Å². The van der Waals surface area contributed by atoms with E-state index in [2.05, 4.69) is 25.5 Å². The van der Waals surface area contributed by atoms with Crippen LogP contribution in [0.4, 0.5) is 35.4 Å². The minimum Gasteiger partial charge on any atom is -0.366 e. The van der Waals surface area contributed by atoms with Crippen LogP contribution in [0.5, 0.6) is 0 Å². The van der Waals surface area contributed by atoms with Crippen LogP contribution in [0.2, 0.25) is 0 Å². The Bertz CT molecular complexity index is 1280. The first-order valence-electron chi connectivity index (χ1n) is 13.5. The van der Waals surface area contributed by atoms with E-state index < -0.39 is 41.5 Å². The number of likely N-dealkylation sites (tertiary alicyclic amines) is 1. The summed E-state index contributed by atoms with van der Waals surface area (Å²) in [5.74, 6) is -2.21. The van der Waals surface area contributed by atoms with Gasteiger partial charge in [-0.05, 0) is 58.0 Å². The number of urea groups is 1. The Labute approximate surface area is 236 Å². The molecule has 1 aliphatic carbocycles. The van der Waals surface area contributed by atoms with Crippen LogP contribution < -0.4 is 16.4 Å². The van der Waals surface area contributed by atoms with Gasteiger partial charge >= 0.3 is 12.2 Å². The fourth-order valence-electron chi connectivity index (χ4n) is 5.36. The smallest absolute Gasteiger partial charge is 0.366 e. The van der Waals surface area contributed by atoms with Crippen molar-refractivity contribution in [2.24, 2.45) is 11.7 Å². The van der Waals surface area contributed by atoms with Crippen LogP contribution in [0.1, 0.15) is 48.0 Å². The number of hydrogen-bond donors (Lipinski definition) is 3. The Kier molecular flexibility index (Phi) is 9.00. The predicted molar refractivity (Wildman–Crippen MR) is 146 cm³/mol. The zero-order valence-corrected chi connectivity index (χ0v) is 23.2. The van der Waals surface area contributed by atoms with Crippen molar-refractivity contribution in [3.05, 3.63) is 41.6 Å². The lowest BCUT2D eigenvalue weighted by Gasteiger charge is -2.35. The number of para-hydroxylation sites is 1. The van der Waals surface area contributed by atoms with Gasteiger partial charge in [-0.1, -0.05) is 18.6 Å². The number of primary amides is 1. The van der Waals surface area contributed by atoms with E-state index in [0.717, 1.165) is 30.8 Å². The van der Waals surface area contributed by atoms with Gasteiger partial charge in [-0.3, -0.25) is 14.5 Å². The van der Waals surface area contributed by atoms with E-state index in [9.17, 15) is 27.6 Å². The van der Waals surface area contributed by atoms with Crippen molar-refractivity contribution in [3.8, 4) is 0 Å². The molecule has 1 saturated carbocycles. The van der Waals surface area contributed by atoms with Crippen molar-refractivity contribution in [2.45, 2.75) is 50.4 Å². The summed E-state index contributed by atoms with van der Waals surface area (Å²) < 4.78 is 41.7. The summed E-state index contributed by atoms with van der Waals surface area (Å²) in [6, 6.07) is 5.10. The molecule has 2 fully saturated rings. The Morgan fingerprint density at radius 2 is 1.76 bits per heavy atom. The lowest BCUT2D eigenvalue weighted by Crippen LogP contribution is -2.44. The van der Waals surface area contributed by atoms with Gasteiger partial charge in [0, 0.05) is 32.4 Å². The average molecular weight is 577 g/mol. The summed E-state index contributed by atoms with van der Waals surface area (Å²) in [6.07, 6.45) is -1.09. The molecule has 11 nitrogen and oxygen atoms in total. The van der Waals surface area contributed by atoms with Gasteiger partial charge in [-0.25, -0.2) is 9.78 Å². The molecular weight excluding hydrogens is 541 g/mol. The highest BCUT2D eigenvalue weighted by Crippen LogP contribution is 2.37. The summed E-state index contributed by atoms with van der Waals surface area (Å²) in [6.45, 7) is 1.76. The summed E-state index contributed by atoms with van der Waals surface area (Å²) in [5, 5.41) is 5.69. The van der Waals surface area contributed by atoms with Crippen molar-refractivity contribution in [1.29, 1.82) is 0 Å². The highest BCUT2D eigenvalue weighted by molar-refractivity contribution is 6.00. The van der Waals surface area contributed by atoms with Crippen LogP contribution >= 0.6 is 0 Å². The van der Waals surface area contributed by atoms with Crippen LogP contribution in [0, 0.1) is 5.92 Å². The first kappa shape index (κ1) is 30.0. The van der Waals surface area contributed by atoms with Crippen LogP contribution in [0.25, 0.3) is 0 Å². The average Bonchev–Trinajstić information content (AvgIpc) is 3.39. The van der Waals surface area contributed by atoms with Crippen molar-refractivity contribution >= 4 is 35.3 Å². The largest absolute Gasteiger partial charge is 0.421 e. The fraction of sp³-hybridized carbons (Fsp3) is 0.519. The maximum absolute atomic E-state index is 13.9. The molecule has 1 aromatic carbocycles. The van der Waals surface area contributed by atoms with Gasteiger partial charge in [0.05, 0.1) is 17.2 Å². The van der Waals surface area contributed by atoms with E-state index in [1.165, 1.54) is 7.05 Å². The number of piperidine rings is 1. The molecule has 1 aliphatic heterocycles. The number of nitrogens with one attached hydrogen (secondary N) is 2. The molecule has 0 radical (unpaired) electrons. The number of benzene rings is 1. The van der Waals surface area contributed by atoms with Crippen LogP contribution in [-0.2, 0) is 11.0 Å². The van der Waals surface area contributed by atoms with E-state index in [1.54, 1.807) is 36.2 Å². The van der Waals surface area contributed by atoms with Crippen LogP contribution in [-0.4, -0.2) is 88.8 Å². The monoisotopic (exact) mass is 576 g/mol. The molecule has 222 valence electrons. The van der Waals surface area contributed by atoms with Gasteiger partial charge in [0.1, 0.15) is 11.4 Å². The third-order valence-corrected chi connectivity index (χ3v) is 7.87. The number of halogens is 3. The molecule has 1 aromatic heterocycles. The van der Waals surface area contributed by atoms with E-state index in [1.807, 2.05) is 7.05 Å². The second-order valence-corrected chi connectivity index (χ2v) is 10.6. The number of rotatable bonds is 7. The normalized spacial score (nSPS) is 20.0. The Morgan fingerprint density at radius 3 is 2.41 bits per heavy atom. The number of nitrogens with zero attached hydrogens (tertiary/aromatic N) is 5. The van der Waals surface area contributed by atoms with Crippen molar-refractivity contribution < 1.29 is 27.6 Å². The maximum atomic E-state index is 13.9. The lowest BCUT2D eigenvalue weighted by atomic mass is 10.0. The summed E-state index contributed by atoms with van der Waals surface area (Å²) in [7, 11) is 5.02. The molecule has 4 N–H and O–H groups in total. The molecule has 0 unspecified atom stereocenters. The molecule has 41 heavy (non-hydrogen) atoms. The highest BCUT2D eigenvalue weighted by Gasteiger charge is 2.40. The molecule has 2 aliphatic rings. The summed E-state index contributed by atoms with van der Waals surface area (Å²) in [5.41, 5.74) is 4.80. The van der Waals surface area contributed by atoms with Crippen LogP contribution in [0.3, 0.4) is 0 Å². The number of hydrogen-bond acceptors (Lipinski definition) is 8. The second-order valence-electron chi connectivity index (χ2n) is 10.6. The van der Waals surface area contributed by atoms with Gasteiger partial charge in [-0.2, -0.15) is 18.2 Å². The molecule has 0 bridgehead atoms. The Balaban J connectivity index is 1.58. The van der Waals surface area contributed by atoms with Crippen molar-refractivity contribution in [3.63, 3.8) is 0 Å². The highest BCUT2D eigenvalue weighted by atomic mass is 19.4. The first-order valence-corrected chi connectivity index (χ1v) is 13.5.